The first-order valence-corrected chi connectivity index (χ1v) is 5.85. The number of furan rings is 1. The van der Waals surface area contributed by atoms with E-state index >= 15 is 0 Å². The van der Waals surface area contributed by atoms with Crippen molar-refractivity contribution in [3.05, 3.63) is 35.6 Å². The number of para-hydroxylation sites is 1. The van der Waals surface area contributed by atoms with Crippen molar-refractivity contribution >= 4 is 11.0 Å². The van der Waals surface area contributed by atoms with Crippen molar-refractivity contribution in [2.45, 2.75) is 19.3 Å². The third-order valence-corrected chi connectivity index (χ3v) is 2.85. The molecule has 104 valence electrons. The summed E-state index contributed by atoms with van der Waals surface area (Å²) in [6.07, 6.45) is -4.22. The van der Waals surface area contributed by atoms with Crippen LogP contribution in [-0.4, -0.2) is 24.7 Å². The molecule has 0 spiro atoms. The molecule has 2 N–H and O–H groups in total. The van der Waals surface area contributed by atoms with E-state index in [-0.39, 0.29) is 13.1 Å². The topological polar surface area (TPSA) is 42.4 Å². The summed E-state index contributed by atoms with van der Waals surface area (Å²) in [6.45, 7) is -0.652. The SMILES string of the molecule is CN(Cc1oc2ccccc2c1CN)CC(F)(F)F. The summed E-state index contributed by atoms with van der Waals surface area (Å²) in [6, 6.07) is 7.30. The Morgan fingerprint density at radius 1 is 1.26 bits per heavy atom. The van der Waals surface area contributed by atoms with E-state index in [1.807, 2.05) is 18.2 Å². The Morgan fingerprint density at radius 2 is 1.95 bits per heavy atom. The summed E-state index contributed by atoms with van der Waals surface area (Å²) in [5.74, 6) is 0.496. The summed E-state index contributed by atoms with van der Waals surface area (Å²) in [5.41, 5.74) is 7.08. The molecule has 1 aromatic carbocycles. The molecule has 0 aliphatic carbocycles. The summed E-state index contributed by atoms with van der Waals surface area (Å²) < 4.78 is 42.5. The van der Waals surface area contributed by atoms with Crippen LogP contribution in [0.15, 0.2) is 28.7 Å². The van der Waals surface area contributed by atoms with Gasteiger partial charge in [-0.25, -0.2) is 0 Å². The lowest BCUT2D eigenvalue weighted by Gasteiger charge is -2.17. The molecule has 0 saturated heterocycles. The number of halogens is 3. The molecule has 0 saturated carbocycles. The van der Waals surface area contributed by atoms with Crippen LogP contribution in [-0.2, 0) is 13.1 Å². The summed E-state index contributed by atoms with van der Waals surface area (Å²) in [7, 11) is 1.40. The Hall–Kier alpha value is -1.53. The highest BCUT2D eigenvalue weighted by Gasteiger charge is 2.29. The molecule has 0 aliphatic heterocycles. The number of fused-ring (bicyclic) bond motifs is 1. The standard InChI is InChI=1S/C13H15F3N2O/c1-18(8-13(14,15)16)7-12-10(6-17)9-4-2-3-5-11(9)19-12/h2-5H,6-8,17H2,1H3. The number of benzene rings is 1. The average molecular weight is 272 g/mol. The highest BCUT2D eigenvalue weighted by Crippen LogP contribution is 2.27. The van der Waals surface area contributed by atoms with Gasteiger partial charge in [-0.05, 0) is 13.1 Å². The van der Waals surface area contributed by atoms with Gasteiger partial charge in [0.15, 0.2) is 0 Å². The number of hydrogen-bond donors (Lipinski definition) is 1. The van der Waals surface area contributed by atoms with Crippen LogP contribution in [0.5, 0.6) is 0 Å². The molecule has 0 unspecified atom stereocenters. The van der Waals surface area contributed by atoms with Gasteiger partial charge in [-0.15, -0.1) is 0 Å². The highest BCUT2D eigenvalue weighted by atomic mass is 19.4. The third kappa shape index (κ3) is 3.27. The Bertz CT molecular complexity index is 563. The Morgan fingerprint density at radius 3 is 2.58 bits per heavy atom. The molecule has 6 heteroatoms. The molecule has 3 nitrogen and oxygen atoms in total. The zero-order chi connectivity index (χ0) is 14.0. The van der Waals surface area contributed by atoms with Crippen molar-refractivity contribution in [1.29, 1.82) is 0 Å². The third-order valence-electron chi connectivity index (χ3n) is 2.85. The maximum Gasteiger partial charge on any atom is 0.401 e. The monoisotopic (exact) mass is 272 g/mol. The first-order valence-electron chi connectivity index (χ1n) is 5.85. The first kappa shape index (κ1) is 13.9. The number of rotatable bonds is 4. The van der Waals surface area contributed by atoms with E-state index in [1.165, 1.54) is 7.05 Å². The molecule has 0 fully saturated rings. The fourth-order valence-corrected chi connectivity index (χ4v) is 2.11. The highest BCUT2D eigenvalue weighted by molar-refractivity contribution is 5.82. The number of nitrogens with two attached hydrogens (primary N) is 1. The quantitative estimate of drug-likeness (QED) is 0.930. The zero-order valence-electron chi connectivity index (χ0n) is 10.5. The Kier molecular flexibility index (Phi) is 3.82. The van der Waals surface area contributed by atoms with E-state index in [0.717, 1.165) is 15.8 Å². The molecule has 0 radical (unpaired) electrons. The van der Waals surface area contributed by atoms with Crippen molar-refractivity contribution in [3.63, 3.8) is 0 Å². The van der Waals surface area contributed by atoms with Crippen LogP contribution in [0.2, 0.25) is 0 Å². The fourth-order valence-electron chi connectivity index (χ4n) is 2.11. The molecule has 1 aromatic heterocycles. The second-order valence-corrected chi connectivity index (χ2v) is 4.49. The fraction of sp³-hybridized carbons (Fsp3) is 0.385. The molecule has 2 aromatic rings. The number of nitrogens with zero attached hydrogens (tertiary/aromatic N) is 1. The largest absolute Gasteiger partial charge is 0.459 e. The molecule has 19 heavy (non-hydrogen) atoms. The van der Waals surface area contributed by atoms with E-state index in [4.69, 9.17) is 10.2 Å². The maximum absolute atomic E-state index is 12.3. The van der Waals surface area contributed by atoms with Crippen LogP contribution in [0.4, 0.5) is 13.2 Å². The van der Waals surface area contributed by atoms with Crippen LogP contribution >= 0.6 is 0 Å². The van der Waals surface area contributed by atoms with Crippen molar-refractivity contribution in [2.24, 2.45) is 5.73 Å². The molecule has 1 heterocycles. The predicted octanol–water partition coefficient (Wildman–Crippen LogP) is 2.89. The molecular formula is C13H15F3N2O. The van der Waals surface area contributed by atoms with Crippen molar-refractivity contribution in [3.8, 4) is 0 Å². The Labute approximate surface area is 108 Å². The van der Waals surface area contributed by atoms with Gasteiger partial charge >= 0.3 is 6.18 Å². The van der Waals surface area contributed by atoms with Crippen molar-refractivity contribution in [1.82, 2.24) is 4.90 Å². The van der Waals surface area contributed by atoms with E-state index in [2.05, 4.69) is 0 Å². The van der Waals surface area contributed by atoms with Crippen LogP contribution in [0.25, 0.3) is 11.0 Å². The number of hydrogen-bond acceptors (Lipinski definition) is 3. The molecule has 0 bridgehead atoms. The van der Waals surface area contributed by atoms with Crippen molar-refractivity contribution < 1.29 is 17.6 Å². The summed E-state index contributed by atoms with van der Waals surface area (Å²) >= 11 is 0. The van der Waals surface area contributed by atoms with Gasteiger partial charge in [0.2, 0.25) is 0 Å². The second kappa shape index (κ2) is 5.22. The lowest BCUT2D eigenvalue weighted by atomic mass is 10.1. The predicted molar refractivity (Wildman–Crippen MR) is 66.5 cm³/mol. The smallest absolute Gasteiger partial charge is 0.401 e. The van der Waals surface area contributed by atoms with Crippen LogP contribution in [0, 0.1) is 0 Å². The van der Waals surface area contributed by atoms with Crippen LogP contribution in [0.1, 0.15) is 11.3 Å². The Balaban J connectivity index is 2.25. The van der Waals surface area contributed by atoms with Gasteiger partial charge in [-0.3, -0.25) is 4.90 Å². The van der Waals surface area contributed by atoms with Gasteiger partial charge in [0.1, 0.15) is 11.3 Å². The minimum Gasteiger partial charge on any atom is -0.459 e. The summed E-state index contributed by atoms with van der Waals surface area (Å²) in [4.78, 5) is 1.16. The average Bonchev–Trinajstić information content (AvgIpc) is 2.63. The molecule has 0 atom stereocenters. The van der Waals surface area contributed by atoms with Gasteiger partial charge in [-0.1, -0.05) is 18.2 Å². The molecular weight excluding hydrogens is 257 g/mol. The molecule has 0 aliphatic rings. The minimum absolute atomic E-state index is 0.0841. The first-order chi connectivity index (χ1) is 8.90. The van der Waals surface area contributed by atoms with Gasteiger partial charge in [0.25, 0.3) is 0 Å². The van der Waals surface area contributed by atoms with Crippen LogP contribution in [0.3, 0.4) is 0 Å². The number of alkyl halides is 3. The summed E-state index contributed by atoms with van der Waals surface area (Å²) in [5, 5.41) is 0.861. The van der Waals surface area contributed by atoms with Gasteiger partial charge in [0.05, 0.1) is 13.1 Å². The van der Waals surface area contributed by atoms with E-state index in [1.54, 1.807) is 6.07 Å². The van der Waals surface area contributed by atoms with E-state index in [9.17, 15) is 13.2 Å². The maximum atomic E-state index is 12.3. The normalized spacial score (nSPS) is 12.5. The minimum atomic E-state index is -4.22. The van der Waals surface area contributed by atoms with E-state index < -0.39 is 12.7 Å². The van der Waals surface area contributed by atoms with Gasteiger partial charge in [-0.2, -0.15) is 13.2 Å². The van der Waals surface area contributed by atoms with E-state index in [0.29, 0.717) is 11.3 Å². The van der Waals surface area contributed by atoms with Gasteiger partial charge in [0, 0.05) is 17.5 Å². The molecule has 2 rings (SSSR count). The zero-order valence-corrected chi connectivity index (χ0v) is 10.5. The molecule has 0 amide bonds. The lowest BCUT2D eigenvalue weighted by molar-refractivity contribution is -0.144. The lowest BCUT2D eigenvalue weighted by Crippen LogP contribution is -2.30. The second-order valence-electron chi connectivity index (χ2n) is 4.49. The van der Waals surface area contributed by atoms with Crippen LogP contribution < -0.4 is 5.73 Å². The van der Waals surface area contributed by atoms with Gasteiger partial charge < -0.3 is 10.2 Å². The van der Waals surface area contributed by atoms with Crippen molar-refractivity contribution in [2.75, 3.05) is 13.6 Å².